The van der Waals surface area contributed by atoms with Crippen LogP contribution in [0.1, 0.15) is 86.0 Å². The first-order valence-electron chi connectivity index (χ1n) is 10.2. The Balaban J connectivity index is 1.68. The zero-order chi connectivity index (χ0) is 16.6. The van der Waals surface area contributed by atoms with Gasteiger partial charge in [0.05, 0.1) is 0 Å². The van der Waals surface area contributed by atoms with Gasteiger partial charge in [-0.15, -0.1) is 0 Å². The van der Waals surface area contributed by atoms with Crippen molar-refractivity contribution in [2.75, 3.05) is 0 Å². The molecule has 4 rings (SSSR count). The van der Waals surface area contributed by atoms with Crippen molar-refractivity contribution in [3.05, 3.63) is 0 Å². The average Bonchev–Trinajstić information content (AvgIpc) is 2.71. The minimum absolute atomic E-state index is 0.435. The second-order valence-electron chi connectivity index (χ2n) is 10.7. The van der Waals surface area contributed by atoms with E-state index in [1.54, 1.807) is 0 Å². The number of hydrogen-bond donors (Lipinski definition) is 0. The van der Waals surface area contributed by atoms with E-state index in [2.05, 4.69) is 34.6 Å². The predicted octanol–water partition coefficient (Wildman–Crippen LogP) is 5.87. The van der Waals surface area contributed by atoms with Crippen molar-refractivity contribution in [1.82, 2.24) is 0 Å². The lowest BCUT2D eigenvalue weighted by Gasteiger charge is -2.63. The topological polar surface area (TPSA) is 17.1 Å². The molecule has 0 aromatic carbocycles. The molecule has 0 amide bonds. The molecule has 0 radical (unpaired) electrons. The minimum Gasteiger partial charge on any atom is -0.300 e. The summed E-state index contributed by atoms with van der Waals surface area (Å²) in [6.45, 7) is 12.6. The standard InChI is InChI=1S/C22H36O/c1-14-12-16(23)13-15-6-7-17-18-8-10-20(2,3)21(18,4)11-9-19(17)22(14,15)5/h14-15,17-19H,6-13H2,1-5H3/t14-,15-,17-,18-,19-,21-,22-/m0/s1. The highest BCUT2D eigenvalue weighted by atomic mass is 16.1. The molecule has 0 heterocycles. The lowest BCUT2D eigenvalue weighted by Crippen LogP contribution is -2.56. The van der Waals surface area contributed by atoms with Gasteiger partial charge in [-0.25, -0.2) is 0 Å². The molecule has 4 aliphatic carbocycles. The van der Waals surface area contributed by atoms with Crippen LogP contribution in [-0.4, -0.2) is 5.78 Å². The normalized spacial score (nSPS) is 55.0. The van der Waals surface area contributed by atoms with Crippen molar-refractivity contribution < 1.29 is 4.79 Å². The number of carbonyl (C=O) groups excluding carboxylic acids is 1. The van der Waals surface area contributed by atoms with E-state index in [0.717, 1.165) is 30.6 Å². The third-order valence-electron chi connectivity index (χ3n) is 10.0. The SMILES string of the molecule is C[C@H]1CC(=O)C[C@@H]2CC[C@@H]3[C@H](CC[C@@]4(C)[C@H]3CCC4(C)C)[C@]21C. The molecule has 7 atom stereocenters. The molecule has 0 unspecified atom stereocenters. The van der Waals surface area contributed by atoms with Crippen LogP contribution in [0, 0.1) is 45.8 Å². The van der Waals surface area contributed by atoms with Gasteiger partial charge in [0.1, 0.15) is 5.78 Å². The zero-order valence-corrected chi connectivity index (χ0v) is 16.0. The number of Topliss-reactive ketones (excluding diaryl/α,β-unsaturated/α-hetero) is 1. The molecule has 130 valence electrons. The van der Waals surface area contributed by atoms with Crippen LogP contribution in [0.25, 0.3) is 0 Å². The van der Waals surface area contributed by atoms with Crippen LogP contribution in [-0.2, 0) is 4.79 Å². The summed E-state index contributed by atoms with van der Waals surface area (Å²) in [5.41, 5.74) is 1.52. The van der Waals surface area contributed by atoms with Gasteiger partial charge in [0.25, 0.3) is 0 Å². The van der Waals surface area contributed by atoms with Crippen molar-refractivity contribution in [2.45, 2.75) is 86.0 Å². The molecule has 4 saturated carbocycles. The molecule has 0 aromatic rings. The Hall–Kier alpha value is -0.330. The molecule has 0 saturated heterocycles. The van der Waals surface area contributed by atoms with Crippen LogP contribution in [0.4, 0.5) is 0 Å². The van der Waals surface area contributed by atoms with Crippen molar-refractivity contribution in [2.24, 2.45) is 45.8 Å². The van der Waals surface area contributed by atoms with E-state index in [4.69, 9.17) is 0 Å². The van der Waals surface area contributed by atoms with Gasteiger partial charge in [0.2, 0.25) is 0 Å². The first-order chi connectivity index (χ1) is 10.7. The Labute approximate surface area is 143 Å². The smallest absolute Gasteiger partial charge is 0.133 e. The van der Waals surface area contributed by atoms with Gasteiger partial charge < -0.3 is 0 Å². The largest absolute Gasteiger partial charge is 0.300 e. The Kier molecular flexibility index (Phi) is 3.41. The summed E-state index contributed by atoms with van der Waals surface area (Å²) in [4.78, 5) is 12.1. The lowest BCUT2D eigenvalue weighted by atomic mass is 9.42. The molecule has 0 aliphatic heterocycles. The summed E-state index contributed by atoms with van der Waals surface area (Å²) in [7, 11) is 0. The summed E-state index contributed by atoms with van der Waals surface area (Å²) in [5.74, 6) is 4.59. The maximum Gasteiger partial charge on any atom is 0.133 e. The summed E-state index contributed by atoms with van der Waals surface area (Å²) >= 11 is 0. The highest BCUT2D eigenvalue weighted by molar-refractivity contribution is 5.80. The predicted molar refractivity (Wildman–Crippen MR) is 95.1 cm³/mol. The molecular formula is C22H36O. The van der Waals surface area contributed by atoms with E-state index in [0.29, 0.717) is 33.9 Å². The van der Waals surface area contributed by atoms with Crippen LogP contribution in [0.15, 0.2) is 0 Å². The highest BCUT2D eigenvalue weighted by Gasteiger charge is 2.63. The van der Waals surface area contributed by atoms with Crippen molar-refractivity contribution >= 4 is 5.78 Å². The zero-order valence-electron chi connectivity index (χ0n) is 16.0. The van der Waals surface area contributed by atoms with Crippen LogP contribution in [0.3, 0.4) is 0 Å². The summed E-state index contributed by atoms with van der Waals surface area (Å²) in [6, 6.07) is 0. The highest BCUT2D eigenvalue weighted by Crippen LogP contribution is 2.70. The Bertz CT molecular complexity index is 520. The Morgan fingerprint density at radius 3 is 2.30 bits per heavy atom. The van der Waals surface area contributed by atoms with Gasteiger partial charge in [-0.1, -0.05) is 34.6 Å². The minimum atomic E-state index is 0.435. The maximum absolute atomic E-state index is 12.1. The average molecular weight is 317 g/mol. The molecule has 1 heteroatoms. The van der Waals surface area contributed by atoms with E-state index in [1.165, 1.54) is 38.5 Å². The Morgan fingerprint density at radius 1 is 0.870 bits per heavy atom. The number of fused-ring (bicyclic) bond motifs is 5. The molecular weight excluding hydrogens is 280 g/mol. The third-order valence-corrected chi connectivity index (χ3v) is 10.0. The second-order valence-corrected chi connectivity index (χ2v) is 10.7. The van der Waals surface area contributed by atoms with Gasteiger partial charge in [-0.05, 0) is 84.4 Å². The number of ketones is 1. The molecule has 23 heavy (non-hydrogen) atoms. The molecule has 0 spiro atoms. The fourth-order valence-corrected chi connectivity index (χ4v) is 7.97. The molecule has 1 nitrogen and oxygen atoms in total. The molecule has 4 fully saturated rings. The molecule has 0 bridgehead atoms. The van der Waals surface area contributed by atoms with Crippen molar-refractivity contribution in [3.8, 4) is 0 Å². The van der Waals surface area contributed by atoms with E-state index in [1.807, 2.05) is 0 Å². The number of hydrogen-bond acceptors (Lipinski definition) is 1. The first kappa shape index (κ1) is 16.2. The molecule has 0 N–H and O–H groups in total. The second kappa shape index (κ2) is 4.85. The van der Waals surface area contributed by atoms with Crippen molar-refractivity contribution in [3.63, 3.8) is 0 Å². The van der Waals surface area contributed by atoms with E-state index >= 15 is 0 Å². The molecule has 0 aromatic heterocycles. The fraction of sp³-hybridized carbons (Fsp3) is 0.955. The number of rotatable bonds is 0. The third kappa shape index (κ3) is 1.94. The van der Waals surface area contributed by atoms with Crippen LogP contribution >= 0.6 is 0 Å². The van der Waals surface area contributed by atoms with Gasteiger partial charge in [0.15, 0.2) is 0 Å². The number of carbonyl (C=O) groups is 1. The van der Waals surface area contributed by atoms with E-state index < -0.39 is 0 Å². The van der Waals surface area contributed by atoms with Gasteiger partial charge in [-0.3, -0.25) is 4.79 Å². The van der Waals surface area contributed by atoms with Crippen LogP contribution in [0.2, 0.25) is 0 Å². The van der Waals surface area contributed by atoms with E-state index in [-0.39, 0.29) is 0 Å². The lowest BCUT2D eigenvalue weighted by molar-refractivity contribution is -0.155. The van der Waals surface area contributed by atoms with Crippen molar-refractivity contribution in [1.29, 1.82) is 0 Å². The Morgan fingerprint density at radius 2 is 1.57 bits per heavy atom. The summed E-state index contributed by atoms with van der Waals surface area (Å²) in [5, 5.41) is 0. The van der Waals surface area contributed by atoms with E-state index in [9.17, 15) is 4.79 Å². The van der Waals surface area contributed by atoms with Gasteiger partial charge >= 0.3 is 0 Å². The molecule has 4 aliphatic rings. The quantitative estimate of drug-likeness (QED) is 0.546. The fourth-order valence-electron chi connectivity index (χ4n) is 7.97. The summed E-state index contributed by atoms with van der Waals surface area (Å²) in [6.07, 6.45) is 10.2. The van der Waals surface area contributed by atoms with Gasteiger partial charge in [-0.2, -0.15) is 0 Å². The van der Waals surface area contributed by atoms with Crippen LogP contribution in [0.5, 0.6) is 0 Å². The van der Waals surface area contributed by atoms with Crippen LogP contribution < -0.4 is 0 Å². The van der Waals surface area contributed by atoms with Gasteiger partial charge in [0, 0.05) is 12.8 Å². The first-order valence-corrected chi connectivity index (χ1v) is 10.2. The summed E-state index contributed by atoms with van der Waals surface area (Å²) < 4.78 is 0. The maximum atomic E-state index is 12.1. The monoisotopic (exact) mass is 316 g/mol.